The number of aromatic nitrogens is 1. The van der Waals surface area contributed by atoms with E-state index >= 15 is 0 Å². The number of hydrogen-bond acceptors (Lipinski definition) is 3. The Bertz CT molecular complexity index is 508. The van der Waals surface area contributed by atoms with Gasteiger partial charge in [-0.05, 0) is 25.3 Å². The van der Waals surface area contributed by atoms with Crippen LogP contribution in [0.2, 0.25) is 0 Å². The molecule has 0 aliphatic heterocycles. The molecule has 1 aromatic rings. The van der Waals surface area contributed by atoms with Crippen molar-refractivity contribution >= 4 is 5.69 Å². The lowest BCUT2D eigenvalue weighted by molar-refractivity contribution is -0.147. The molecular weight excluding hydrogens is 271 g/mol. The molecule has 1 aliphatic rings. The van der Waals surface area contributed by atoms with Crippen LogP contribution in [0.15, 0.2) is 23.1 Å². The maximum Gasteiger partial charge on any atom is 0.401 e. The minimum Gasteiger partial charge on any atom is -0.398 e. The maximum atomic E-state index is 12.4. The monoisotopic (exact) mass is 289 g/mol. The van der Waals surface area contributed by atoms with Crippen LogP contribution >= 0.6 is 0 Å². The highest BCUT2D eigenvalue weighted by Crippen LogP contribution is 2.30. The van der Waals surface area contributed by atoms with Gasteiger partial charge in [0.15, 0.2) is 0 Å². The Balaban J connectivity index is 1.87. The van der Waals surface area contributed by atoms with Crippen LogP contribution in [0.5, 0.6) is 0 Å². The molecule has 1 aliphatic carbocycles. The Hall–Kier alpha value is -1.50. The first-order valence-corrected chi connectivity index (χ1v) is 6.62. The number of rotatable bonds is 6. The largest absolute Gasteiger partial charge is 0.401 e. The first kappa shape index (κ1) is 14.9. The Morgan fingerprint density at radius 1 is 1.35 bits per heavy atom. The van der Waals surface area contributed by atoms with E-state index in [9.17, 15) is 18.0 Å². The number of pyridine rings is 1. The quantitative estimate of drug-likeness (QED) is 0.869. The van der Waals surface area contributed by atoms with Gasteiger partial charge in [0.05, 0.1) is 6.54 Å². The number of halogens is 3. The summed E-state index contributed by atoms with van der Waals surface area (Å²) in [5, 5.41) is 0. The summed E-state index contributed by atoms with van der Waals surface area (Å²) in [6, 6.07) is 2.93. The highest BCUT2D eigenvalue weighted by Gasteiger charge is 2.37. The van der Waals surface area contributed by atoms with Gasteiger partial charge in [0.1, 0.15) is 0 Å². The highest BCUT2D eigenvalue weighted by atomic mass is 19.4. The van der Waals surface area contributed by atoms with Gasteiger partial charge in [0, 0.05) is 37.1 Å². The molecule has 1 heterocycles. The Morgan fingerprint density at radius 3 is 2.65 bits per heavy atom. The zero-order chi connectivity index (χ0) is 14.8. The van der Waals surface area contributed by atoms with Gasteiger partial charge < -0.3 is 10.3 Å². The Morgan fingerprint density at radius 2 is 2.05 bits per heavy atom. The summed E-state index contributed by atoms with van der Waals surface area (Å²) in [7, 11) is 0. The van der Waals surface area contributed by atoms with Crippen LogP contribution in [0, 0.1) is 0 Å². The number of alkyl halides is 3. The molecule has 4 nitrogen and oxygen atoms in total. The van der Waals surface area contributed by atoms with Crippen molar-refractivity contribution in [2.45, 2.75) is 38.0 Å². The lowest BCUT2D eigenvalue weighted by Gasteiger charge is -2.23. The summed E-state index contributed by atoms with van der Waals surface area (Å²) in [4.78, 5) is 13.0. The molecule has 0 atom stereocenters. The summed E-state index contributed by atoms with van der Waals surface area (Å²) in [6.07, 6.45) is -0.497. The molecule has 0 aromatic carbocycles. The van der Waals surface area contributed by atoms with E-state index in [-0.39, 0.29) is 11.6 Å². The van der Waals surface area contributed by atoms with Gasteiger partial charge in [0.25, 0.3) is 5.56 Å². The van der Waals surface area contributed by atoms with Gasteiger partial charge in [-0.3, -0.25) is 9.69 Å². The molecule has 0 amide bonds. The standard InChI is InChI=1S/C13H18F3N3O/c14-13(15,16)9-19(11-3-4-11)7-1-6-18-8-10(17)2-5-12(18)20/h2,5,8,11H,1,3-4,6-7,9,17H2. The van der Waals surface area contributed by atoms with Crippen molar-refractivity contribution in [3.8, 4) is 0 Å². The molecule has 0 radical (unpaired) electrons. The van der Waals surface area contributed by atoms with Gasteiger partial charge >= 0.3 is 6.18 Å². The minimum atomic E-state index is -4.17. The smallest absolute Gasteiger partial charge is 0.398 e. The van der Waals surface area contributed by atoms with Crippen molar-refractivity contribution in [3.05, 3.63) is 28.7 Å². The zero-order valence-corrected chi connectivity index (χ0v) is 11.1. The average molecular weight is 289 g/mol. The van der Waals surface area contributed by atoms with Gasteiger partial charge in [-0.2, -0.15) is 13.2 Å². The van der Waals surface area contributed by atoms with Gasteiger partial charge in [-0.1, -0.05) is 0 Å². The fourth-order valence-electron chi connectivity index (χ4n) is 2.23. The van der Waals surface area contributed by atoms with E-state index in [1.54, 1.807) is 0 Å². The molecule has 1 aromatic heterocycles. The van der Waals surface area contributed by atoms with Crippen molar-refractivity contribution in [1.82, 2.24) is 9.47 Å². The third kappa shape index (κ3) is 4.56. The topological polar surface area (TPSA) is 51.3 Å². The molecule has 2 rings (SSSR count). The first-order chi connectivity index (χ1) is 9.35. The zero-order valence-electron chi connectivity index (χ0n) is 11.1. The number of anilines is 1. The second-order valence-corrected chi connectivity index (χ2v) is 5.16. The van der Waals surface area contributed by atoms with Crippen molar-refractivity contribution in [3.63, 3.8) is 0 Å². The summed E-state index contributed by atoms with van der Waals surface area (Å²) in [5.74, 6) is 0. The molecule has 0 spiro atoms. The third-order valence-corrected chi connectivity index (χ3v) is 3.30. The lowest BCUT2D eigenvalue weighted by atomic mass is 10.3. The predicted octanol–water partition coefficient (Wildman–Crippen LogP) is 1.85. The molecule has 1 fully saturated rings. The normalized spacial score (nSPS) is 15.8. The van der Waals surface area contributed by atoms with Gasteiger partial charge in [-0.15, -0.1) is 0 Å². The molecule has 112 valence electrons. The van der Waals surface area contributed by atoms with E-state index in [1.165, 1.54) is 27.8 Å². The lowest BCUT2D eigenvalue weighted by Crippen LogP contribution is -2.37. The van der Waals surface area contributed by atoms with E-state index in [0.29, 0.717) is 25.2 Å². The van der Waals surface area contributed by atoms with Crippen molar-refractivity contribution < 1.29 is 13.2 Å². The molecule has 0 saturated heterocycles. The first-order valence-electron chi connectivity index (χ1n) is 6.62. The number of aryl methyl sites for hydroxylation is 1. The molecule has 20 heavy (non-hydrogen) atoms. The van der Waals surface area contributed by atoms with Crippen LogP contribution in [0.4, 0.5) is 18.9 Å². The van der Waals surface area contributed by atoms with Crippen molar-refractivity contribution in [2.75, 3.05) is 18.8 Å². The minimum absolute atomic E-state index is 0.0502. The highest BCUT2D eigenvalue weighted by molar-refractivity contribution is 5.33. The fraction of sp³-hybridized carbons (Fsp3) is 0.615. The number of nitrogen functional groups attached to an aromatic ring is 1. The van der Waals surface area contributed by atoms with Crippen LogP contribution in [-0.2, 0) is 6.54 Å². The Labute approximate surface area is 115 Å². The van der Waals surface area contributed by atoms with Gasteiger partial charge in [-0.25, -0.2) is 0 Å². The van der Waals surface area contributed by atoms with Crippen LogP contribution in [0.3, 0.4) is 0 Å². The molecule has 0 unspecified atom stereocenters. The number of hydrogen-bond donors (Lipinski definition) is 1. The summed E-state index contributed by atoms with van der Waals surface area (Å²) in [6.45, 7) is -0.153. The number of nitrogens with zero attached hydrogens (tertiary/aromatic N) is 2. The molecule has 7 heteroatoms. The molecule has 2 N–H and O–H groups in total. The average Bonchev–Trinajstić information content (AvgIpc) is 3.15. The third-order valence-electron chi connectivity index (χ3n) is 3.30. The van der Waals surface area contributed by atoms with Crippen LogP contribution < -0.4 is 11.3 Å². The SMILES string of the molecule is Nc1ccc(=O)n(CCCN(CC(F)(F)F)C2CC2)c1. The van der Waals surface area contributed by atoms with Crippen molar-refractivity contribution in [1.29, 1.82) is 0 Å². The predicted molar refractivity (Wildman–Crippen MR) is 70.4 cm³/mol. The van der Waals surface area contributed by atoms with E-state index < -0.39 is 12.7 Å². The van der Waals surface area contributed by atoms with E-state index in [0.717, 1.165) is 12.8 Å². The molecule has 0 bridgehead atoms. The fourth-order valence-corrected chi connectivity index (χ4v) is 2.23. The summed E-state index contributed by atoms with van der Waals surface area (Å²) < 4.78 is 38.8. The van der Waals surface area contributed by atoms with E-state index in [2.05, 4.69) is 0 Å². The second-order valence-electron chi connectivity index (χ2n) is 5.16. The van der Waals surface area contributed by atoms with E-state index in [1.807, 2.05) is 0 Å². The second kappa shape index (κ2) is 5.87. The Kier molecular flexibility index (Phi) is 4.37. The van der Waals surface area contributed by atoms with Crippen LogP contribution in [0.25, 0.3) is 0 Å². The maximum absolute atomic E-state index is 12.4. The van der Waals surface area contributed by atoms with Crippen molar-refractivity contribution in [2.24, 2.45) is 0 Å². The van der Waals surface area contributed by atoms with E-state index in [4.69, 9.17) is 5.73 Å². The van der Waals surface area contributed by atoms with Crippen LogP contribution in [-0.4, -0.2) is 34.8 Å². The molecule has 1 saturated carbocycles. The van der Waals surface area contributed by atoms with Gasteiger partial charge in [0.2, 0.25) is 0 Å². The summed E-state index contributed by atoms with van der Waals surface area (Å²) >= 11 is 0. The number of nitrogens with two attached hydrogens (primary N) is 1. The molecular formula is C13H18F3N3O. The van der Waals surface area contributed by atoms with Crippen LogP contribution in [0.1, 0.15) is 19.3 Å². The summed E-state index contributed by atoms with van der Waals surface area (Å²) in [5.41, 5.74) is 5.87.